The van der Waals surface area contributed by atoms with Crippen molar-refractivity contribution >= 4 is 28.0 Å². The lowest BCUT2D eigenvalue weighted by atomic mass is 10.1. The first-order valence-electron chi connectivity index (χ1n) is 5.79. The van der Waals surface area contributed by atoms with E-state index >= 15 is 0 Å². The van der Waals surface area contributed by atoms with Crippen molar-refractivity contribution < 1.29 is 14.3 Å². The fraction of sp³-hybridized carbons (Fsp3) is 0.0714. The lowest BCUT2D eigenvalue weighted by molar-refractivity contribution is 0.0694. The minimum Gasteiger partial charge on any atom is -0.477 e. The van der Waals surface area contributed by atoms with E-state index in [1.165, 1.54) is 11.6 Å². The molecule has 2 aromatic heterocycles. The summed E-state index contributed by atoms with van der Waals surface area (Å²) < 4.78 is 6.74. The Hall–Kier alpha value is -2.89. The van der Waals surface area contributed by atoms with Gasteiger partial charge >= 0.3 is 5.97 Å². The Morgan fingerprint density at radius 3 is 2.60 bits per heavy atom. The van der Waals surface area contributed by atoms with E-state index in [0.717, 1.165) is 6.20 Å². The van der Waals surface area contributed by atoms with E-state index in [1.807, 2.05) is 0 Å². The molecule has 0 saturated heterocycles. The average molecular weight is 271 g/mol. The van der Waals surface area contributed by atoms with Crippen LogP contribution in [0.5, 0.6) is 0 Å². The molecular weight excluding hydrogens is 262 g/mol. The molecule has 3 rings (SSSR count). The van der Waals surface area contributed by atoms with Gasteiger partial charge in [0.15, 0.2) is 0 Å². The number of fused-ring (bicyclic) bond motifs is 2. The Balaban J connectivity index is 2.66. The van der Waals surface area contributed by atoms with E-state index in [2.05, 4.69) is 0 Å². The minimum atomic E-state index is -1.36. The highest BCUT2D eigenvalue weighted by Gasteiger charge is 2.18. The van der Waals surface area contributed by atoms with E-state index in [4.69, 9.17) is 9.52 Å². The summed E-state index contributed by atoms with van der Waals surface area (Å²) in [6.07, 6.45) is 1.12. The largest absolute Gasteiger partial charge is 0.477 e. The first-order valence-corrected chi connectivity index (χ1v) is 5.79. The van der Waals surface area contributed by atoms with Crippen molar-refractivity contribution in [2.45, 2.75) is 0 Å². The number of carboxylic acid groups (broad SMARTS) is 1. The molecule has 20 heavy (non-hydrogen) atoms. The van der Waals surface area contributed by atoms with Gasteiger partial charge in [0.1, 0.15) is 16.7 Å². The molecule has 0 radical (unpaired) electrons. The van der Waals surface area contributed by atoms with Gasteiger partial charge in [-0.05, 0) is 12.1 Å². The highest BCUT2D eigenvalue weighted by Crippen LogP contribution is 2.16. The second kappa shape index (κ2) is 4.06. The van der Waals surface area contributed by atoms with Gasteiger partial charge in [-0.3, -0.25) is 9.59 Å². The Kier molecular flexibility index (Phi) is 2.47. The van der Waals surface area contributed by atoms with Crippen molar-refractivity contribution in [1.29, 1.82) is 0 Å². The van der Waals surface area contributed by atoms with Gasteiger partial charge in [0.25, 0.3) is 0 Å². The molecule has 0 spiro atoms. The molecule has 0 amide bonds. The average Bonchev–Trinajstić information content (AvgIpc) is 2.42. The molecule has 0 aliphatic rings. The van der Waals surface area contributed by atoms with Crippen molar-refractivity contribution in [2.24, 2.45) is 7.05 Å². The molecule has 1 aromatic carbocycles. The summed E-state index contributed by atoms with van der Waals surface area (Å²) in [6.45, 7) is 0. The molecule has 0 aliphatic carbocycles. The van der Waals surface area contributed by atoms with E-state index in [9.17, 15) is 14.4 Å². The molecule has 0 bridgehead atoms. The first-order chi connectivity index (χ1) is 9.50. The standard InChI is InChI=1S/C14H9NO5/c1-15-6-8(14(18)19)12(17)13-10(15)11(16)7-4-2-3-5-9(7)20-13/h2-6H,1H3,(H,18,19). The van der Waals surface area contributed by atoms with Crippen LogP contribution in [0.25, 0.3) is 22.1 Å². The Labute approximate surface area is 111 Å². The summed E-state index contributed by atoms with van der Waals surface area (Å²) >= 11 is 0. The number of aromatic carboxylic acids is 1. The summed E-state index contributed by atoms with van der Waals surface area (Å²) in [6, 6.07) is 6.51. The summed E-state index contributed by atoms with van der Waals surface area (Å²) in [4.78, 5) is 35.5. The van der Waals surface area contributed by atoms with Gasteiger partial charge in [0.05, 0.1) is 5.39 Å². The van der Waals surface area contributed by atoms with Crippen molar-refractivity contribution in [2.75, 3.05) is 0 Å². The molecule has 2 heterocycles. The summed E-state index contributed by atoms with van der Waals surface area (Å²) in [5.41, 5.74) is -1.52. The third-order valence-corrected chi connectivity index (χ3v) is 3.13. The third kappa shape index (κ3) is 1.55. The van der Waals surface area contributed by atoms with Gasteiger partial charge in [-0.1, -0.05) is 12.1 Å². The summed E-state index contributed by atoms with van der Waals surface area (Å²) in [5, 5.41) is 9.34. The number of carbonyl (C=O) groups is 1. The van der Waals surface area contributed by atoms with Crippen LogP contribution < -0.4 is 10.9 Å². The van der Waals surface area contributed by atoms with E-state index in [0.29, 0.717) is 5.39 Å². The van der Waals surface area contributed by atoms with Crippen molar-refractivity contribution in [3.05, 3.63) is 56.5 Å². The minimum absolute atomic E-state index is 0.0544. The van der Waals surface area contributed by atoms with Crippen molar-refractivity contribution in [3.63, 3.8) is 0 Å². The number of benzene rings is 1. The van der Waals surface area contributed by atoms with Crippen LogP contribution in [0.4, 0.5) is 0 Å². The molecule has 1 N–H and O–H groups in total. The summed E-state index contributed by atoms with van der Waals surface area (Å²) in [5.74, 6) is -1.36. The topological polar surface area (TPSA) is 89.5 Å². The number of nitrogens with zero attached hydrogens (tertiary/aromatic N) is 1. The molecule has 0 unspecified atom stereocenters. The number of aryl methyl sites for hydroxylation is 1. The van der Waals surface area contributed by atoms with E-state index in [1.54, 1.807) is 24.3 Å². The molecule has 6 heteroatoms. The monoisotopic (exact) mass is 271 g/mol. The van der Waals surface area contributed by atoms with Crippen LogP contribution in [0, 0.1) is 0 Å². The Morgan fingerprint density at radius 1 is 1.20 bits per heavy atom. The molecule has 0 fully saturated rings. The Bertz CT molecular complexity index is 980. The number of para-hydroxylation sites is 1. The van der Waals surface area contributed by atoms with Gasteiger partial charge in [0.2, 0.25) is 16.4 Å². The second-order valence-electron chi connectivity index (χ2n) is 4.39. The fourth-order valence-electron chi connectivity index (χ4n) is 2.20. The molecule has 6 nitrogen and oxygen atoms in total. The third-order valence-electron chi connectivity index (χ3n) is 3.13. The molecular formula is C14H9NO5. The Morgan fingerprint density at radius 2 is 1.90 bits per heavy atom. The molecule has 0 atom stereocenters. The van der Waals surface area contributed by atoms with Crippen LogP contribution in [0.2, 0.25) is 0 Å². The molecule has 3 aromatic rings. The normalized spacial score (nSPS) is 11.1. The van der Waals surface area contributed by atoms with Gasteiger partial charge in [-0.15, -0.1) is 0 Å². The second-order valence-corrected chi connectivity index (χ2v) is 4.39. The van der Waals surface area contributed by atoms with Crippen LogP contribution in [-0.4, -0.2) is 15.6 Å². The van der Waals surface area contributed by atoms with Crippen LogP contribution in [0.1, 0.15) is 10.4 Å². The highest BCUT2D eigenvalue weighted by atomic mass is 16.4. The lowest BCUT2D eigenvalue weighted by Gasteiger charge is -2.06. The number of rotatable bonds is 1. The quantitative estimate of drug-likeness (QED) is 0.674. The zero-order valence-corrected chi connectivity index (χ0v) is 10.4. The smallest absolute Gasteiger partial charge is 0.341 e. The number of pyridine rings is 1. The summed E-state index contributed by atoms with van der Waals surface area (Å²) in [7, 11) is 1.50. The molecule has 100 valence electrons. The van der Waals surface area contributed by atoms with Gasteiger partial charge in [-0.2, -0.15) is 0 Å². The molecule has 0 aliphatic heterocycles. The van der Waals surface area contributed by atoms with Crippen LogP contribution in [0.3, 0.4) is 0 Å². The van der Waals surface area contributed by atoms with E-state index in [-0.39, 0.29) is 22.1 Å². The number of hydrogen-bond donors (Lipinski definition) is 1. The highest BCUT2D eigenvalue weighted by molar-refractivity contribution is 5.93. The number of carboxylic acids is 1. The molecule has 0 saturated carbocycles. The lowest BCUT2D eigenvalue weighted by Crippen LogP contribution is -2.21. The van der Waals surface area contributed by atoms with Crippen LogP contribution in [0.15, 0.2) is 44.5 Å². The fourth-order valence-corrected chi connectivity index (χ4v) is 2.20. The maximum Gasteiger partial charge on any atom is 0.341 e. The van der Waals surface area contributed by atoms with Crippen molar-refractivity contribution in [1.82, 2.24) is 4.57 Å². The zero-order chi connectivity index (χ0) is 14.4. The maximum absolute atomic E-state index is 12.4. The predicted octanol–water partition coefficient (Wildman–Crippen LogP) is 1.34. The van der Waals surface area contributed by atoms with Crippen LogP contribution in [-0.2, 0) is 7.05 Å². The maximum atomic E-state index is 12.4. The zero-order valence-electron chi connectivity index (χ0n) is 10.4. The SMILES string of the molecule is Cn1cc(C(=O)O)c(=O)c2oc3ccccc3c(=O)c21. The number of aromatic nitrogens is 1. The number of hydrogen-bond acceptors (Lipinski definition) is 4. The van der Waals surface area contributed by atoms with Crippen LogP contribution >= 0.6 is 0 Å². The van der Waals surface area contributed by atoms with E-state index < -0.39 is 17.0 Å². The predicted molar refractivity (Wildman–Crippen MR) is 72.2 cm³/mol. The van der Waals surface area contributed by atoms with Gasteiger partial charge in [0, 0.05) is 13.2 Å². The van der Waals surface area contributed by atoms with Gasteiger partial charge in [-0.25, -0.2) is 4.79 Å². The van der Waals surface area contributed by atoms with Gasteiger partial charge < -0.3 is 14.1 Å². The first kappa shape index (κ1) is 12.2. The van der Waals surface area contributed by atoms with Crippen molar-refractivity contribution in [3.8, 4) is 0 Å².